The molecule has 0 radical (unpaired) electrons. The lowest BCUT2D eigenvalue weighted by Crippen LogP contribution is -2.47. The van der Waals surface area contributed by atoms with Gasteiger partial charge in [-0.15, -0.1) is 0 Å². The quantitative estimate of drug-likeness (QED) is 0.633. The second-order valence-electron chi connectivity index (χ2n) is 7.14. The first-order valence-corrected chi connectivity index (χ1v) is 10.6. The van der Waals surface area contributed by atoms with Crippen molar-refractivity contribution in [1.82, 2.24) is 10.2 Å². The van der Waals surface area contributed by atoms with E-state index < -0.39 is 0 Å². The van der Waals surface area contributed by atoms with Gasteiger partial charge in [-0.2, -0.15) is 0 Å². The summed E-state index contributed by atoms with van der Waals surface area (Å²) in [5, 5.41) is 5.07. The molecule has 2 aromatic carbocycles. The Morgan fingerprint density at radius 1 is 1.21 bits per heavy atom. The Kier molecular flexibility index (Phi) is 5.81. The zero-order valence-electron chi connectivity index (χ0n) is 15.9. The van der Waals surface area contributed by atoms with Crippen LogP contribution in [-0.2, 0) is 11.4 Å². The van der Waals surface area contributed by atoms with Gasteiger partial charge in [-0.25, -0.2) is 0 Å². The summed E-state index contributed by atoms with van der Waals surface area (Å²) in [5.41, 5.74) is 3.51. The number of ketones is 1. The number of hydrogen-bond donors (Lipinski definition) is 1. The fraction of sp³-hybridized carbons (Fsp3) is 0.273. The summed E-state index contributed by atoms with van der Waals surface area (Å²) in [5.74, 6) is 0.849. The second-order valence-corrected chi connectivity index (χ2v) is 8.37. The van der Waals surface area contributed by atoms with Gasteiger partial charge in [-0.1, -0.05) is 47.5 Å². The van der Waals surface area contributed by atoms with Crippen molar-refractivity contribution in [1.29, 1.82) is 0 Å². The van der Waals surface area contributed by atoms with Gasteiger partial charge in [0, 0.05) is 45.9 Å². The van der Waals surface area contributed by atoms with Crippen LogP contribution in [0.25, 0.3) is 0 Å². The van der Waals surface area contributed by atoms with E-state index in [0.29, 0.717) is 33.9 Å². The van der Waals surface area contributed by atoms with Crippen LogP contribution in [-0.4, -0.2) is 22.8 Å². The minimum atomic E-state index is -0.321. The minimum absolute atomic E-state index is 0.161. The second kappa shape index (κ2) is 8.34. The summed E-state index contributed by atoms with van der Waals surface area (Å²) in [6, 6.07) is 12.7. The van der Waals surface area contributed by atoms with Gasteiger partial charge >= 0.3 is 0 Å². The van der Waals surface area contributed by atoms with Gasteiger partial charge in [-0.3, -0.25) is 4.79 Å². The van der Waals surface area contributed by atoms with E-state index in [1.54, 1.807) is 12.1 Å². The van der Waals surface area contributed by atoms with Gasteiger partial charge in [0.25, 0.3) is 0 Å². The average molecular weight is 447 g/mol. The van der Waals surface area contributed by atoms with Crippen LogP contribution < -0.4 is 10.1 Å². The molecule has 1 aliphatic heterocycles. The molecule has 4 rings (SSSR count). The molecule has 0 saturated carbocycles. The van der Waals surface area contributed by atoms with Crippen molar-refractivity contribution in [2.45, 2.75) is 31.9 Å². The van der Waals surface area contributed by atoms with Crippen molar-refractivity contribution in [3.8, 4) is 5.75 Å². The van der Waals surface area contributed by atoms with E-state index in [2.05, 4.69) is 5.32 Å². The van der Waals surface area contributed by atoms with Crippen LogP contribution in [0.15, 0.2) is 53.7 Å². The number of allylic oxidation sites excluding steroid dienone is 1. The van der Waals surface area contributed by atoms with Crippen LogP contribution in [0.5, 0.6) is 5.75 Å². The number of rotatable bonds is 4. The highest BCUT2D eigenvalue weighted by atomic mass is 35.5. The Balaban J connectivity index is 1.68. The first kappa shape index (κ1) is 20.2. The number of hydrogen-bond acceptors (Lipinski definition) is 3. The van der Waals surface area contributed by atoms with Gasteiger partial charge in [0.2, 0.25) is 0 Å². The number of nitrogens with one attached hydrogen (secondary N) is 1. The molecule has 1 aliphatic carbocycles. The van der Waals surface area contributed by atoms with Crippen LogP contribution in [0.1, 0.15) is 36.4 Å². The van der Waals surface area contributed by atoms with Crippen molar-refractivity contribution < 1.29 is 9.53 Å². The Morgan fingerprint density at radius 3 is 2.79 bits per heavy atom. The van der Waals surface area contributed by atoms with Crippen LogP contribution >= 0.6 is 35.4 Å². The molecular formula is C22H20Cl2N2O2S. The predicted molar refractivity (Wildman–Crippen MR) is 119 cm³/mol. The number of nitrogens with zero attached hydrogens (tertiary/aromatic N) is 1. The van der Waals surface area contributed by atoms with Crippen LogP contribution in [0.3, 0.4) is 0 Å². The summed E-state index contributed by atoms with van der Waals surface area (Å²) in [6.45, 7) is 0.296. The van der Waals surface area contributed by atoms with E-state index in [4.69, 9.17) is 40.2 Å². The Labute approximate surface area is 185 Å². The highest BCUT2D eigenvalue weighted by Gasteiger charge is 2.36. The van der Waals surface area contributed by atoms with E-state index in [-0.39, 0.29) is 11.8 Å². The molecule has 0 bridgehead atoms. The summed E-state index contributed by atoms with van der Waals surface area (Å²) in [6.07, 6.45) is 2.25. The lowest BCUT2D eigenvalue weighted by atomic mass is 9.84. The third-order valence-electron chi connectivity index (χ3n) is 5.32. The van der Waals surface area contributed by atoms with Crippen LogP contribution in [0.2, 0.25) is 10.0 Å². The minimum Gasteiger partial charge on any atom is -0.488 e. The third-order valence-corrected chi connectivity index (χ3v) is 6.30. The molecule has 1 unspecified atom stereocenters. The van der Waals surface area contributed by atoms with Gasteiger partial charge in [0.1, 0.15) is 12.4 Å². The molecule has 1 atom stereocenters. The maximum absolute atomic E-state index is 12.8. The van der Waals surface area contributed by atoms with Gasteiger partial charge in [0.05, 0.1) is 6.04 Å². The van der Waals surface area contributed by atoms with E-state index in [0.717, 1.165) is 35.2 Å². The number of benzene rings is 2. The van der Waals surface area contributed by atoms with Crippen molar-refractivity contribution in [3.63, 3.8) is 0 Å². The number of Topliss-reactive ketones (excluding diaryl/α,β-unsaturated/α-hetero) is 1. The SMILES string of the molecule is CN1C(=S)NC(c2ccccc2OCc2ccc(Cl)cc2Cl)C2=C1CCCC2=O. The fourth-order valence-corrected chi connectivity index (χ4v) is 4.51. The van der Waals surface area contributed by atoms with Gasteiger partial charge in [-0.05, 0) is 43.3 Å². The molecule has 4 nitrogen and oxygen atoms in total. The molecule has 2 aromatic rings. The molecule has 29 heavy (non-hydrogen) atoms. The zero-order chi connectivity index (χ0) is 20.5. The van der Waals surface area contributed by atoms with E-state index in [9.17, 15) is 4.79 Å². The normalized spacial score (nSPS) is 19.1. The maximum Gasteiger partial charge on any atom is 0.173 e. The summed E-state index contributed by atoms with van der Waals surface area (Å²) in [7, 11) is 1.91. The molecule has 0 amide bonds. The number of carbonyl (C=O) groups is 1. The molecular weight excluding hydrogens is 427 g/mol. The largest absolute Gasteiger partial charge is 0.488 e. The molecule has 0 saturated heterocycles. The van der Waals surface area contributed by atoms with Crippen molar-refractivity contribution in [2.75, 3.05) is 7.05 Å². The molecule has 2 aliphatic rings. The van der Waals surface area contributed by atoms with Crippen molar-refractivity contribution >= 4 is 46.3 Å². The van der Waals surface area contributed by atoms with E-state index in [1.807, 2.05) is 42.3 Å². The number of carbonyl (C=O) groups excluding carboxylic acids is 1. The topological polar surface area (TPSA) is 41.6 Å². The highest BCUT2D eigenvalue weighted by Crippen LogP contribution is 2.39. The van der Waals surface area contributed by atoms with E-state index in [1.165, 1.54) is 0 Å². The monoisotopic (exact) mass is 446 g/mol. The molecule has 1 heterocycles. The Hall–Kier alpha value is -2.08. The van der Waals surface area contributed by atoms with Gasteiger partial charge < -0.3 is 15.0 Å². The Morgan fingerprint density at radius 2 is 2.00 bits per heavy atom. The standard InChI is InChI=1S/C22H20Cl2N2O2S/c1-26-17-6-4-7-18(27)20(17)21(25-22(26)29)15-5-2-3-8-19(15)28-12-13-9-10-14(23)11-16(13)24/h2-3,5,8-11,21H,4,6-7,12H2,1H3,(H,25,29). The number of halogens is 2. The first-order chi connectivity index (χ1) is 14.0. The third kappa shape index (κ3) is 4.00. The maximum atomic E-state index is 12.8. The smallest absolute Gasteiger partial charge is 0.173 e. The number of para-hydroxylation sites is 1. The molecule has 1 N–H and O–H groups in total. The lowest BCUT2D eigenvalue weighted by molar-refractivity contribution is -0.116. The average Bonchev–Trinajstić information content (AvgIpc) is 2.70. The summed E-state index contributed by atoms with van der Waals surface area (Å²) in [4.78, 5) is 14.7. The molecule has 0 fully saturated rings. The molecule has 0 spiro atoms. The summed E-state index contributed by atoms with van der Waals surface area (Å²) < 4.78 is 6.12. The number of ether oxygens (including phenoxy) is 1. The summed E-state index contributed by atoms with van der Waals surface area (Å²) >= 11 is 17.8. The molecule has 150 valence electrons. The zero-order valence-corrected chi connectivity index (χ0v) is 18.2. The first-order valence-electron chi connectivity index (χ1n) is 9.42. The highest BCUT2D eigenvalue weighted by molar-refractivity contribution is 7.80. The predicted octanol–water partition coefficient (Wildman–Crippen LogP) is 5.44. The Bertz CT molecular complexity index is 1020. The van der Waals surface area contributed by atoms with E-state index >= 15 is 0 Å². The van der Waals surface area contributed by atoms with Crippen molar-refractivity contribution in [3.05, 3.63) is 74.9 Å². The van der Waals surface area contributed by atoms with Crippen molar-refractivity contribution in [2.24, 2.45) is 0 Å². The number of thiocarbonyl (C=S) groups is 1. The van der Waals surface area contributed by atoms with Crippen LogP contribution in [0.4, 0.5) is 0 Å². The molecule has 0 aromatic heterocycles. The van der Waals surface area contributed by atoms with Gasteiger partial charge in [0.15, 0.2) is 10.9 Å². The lowest BCUT2D eigenvalue weighted by Gasteiger charge is -2.39. The molecule has 7 heteroatoms. The fourth-order valence-electron chi connectivity index (χ4n) is 3.82. The van der Waals surface area contributed by atoms with Crippen LogP contribution in [0, 0.1) is 0 Å².